The smallest absolute Gasteiger partial charge is 0.262 e. The molecule has 1 aliphatic rings. The molecule has 1 heterocycles. The minimum atomic E-state index is -3.65. The molecule has 9 heteroatoms. The highest BCUT2D eigenvalue weighted by Gasteiger charge is 2.27. The number of halogens is 1. The van der Waals surface area contributed by atoms with E-state index >= 15 is 0 Å². The third-order valence-electron chi connectivity index (χ3n) is 4.66. The van der Waals surface area contributed by atoms with E-state index in [4.69, 9.17) is 9.47 Å². The molecule has 1 fully saturated rings. The van der Waals surface area contributed by atoms with E-state index in [-0.39, 0.29) is 17.2 Å². The van der Waals surface area contributed by atoms with Crippen molar-refractivity contribution in [3.63, 3.8) is 0 Å². The van der Waals surface area contributed by atoms with Crippen molar-refractivity contribution < 1.29 is 27.1 Å². The largest absolute Gasteiger partial charge is 0.492 e. The van der Waals surface area contributed by atoms with Gasteiger partial charge in [-0.05, 0) is 62.2 Å². The van der Waals surface area contributed by atoms with Crippen LogP contribution in [0.5, 0.6) is 11.5 Å². The highest BCUT2D eigenvalue weighted by Crippen LogP contribution is 2.30. The molecule has 1 aliphatic heterocycles. The first-order chi connectivity index (χ1) is 14.4. The molecule has 0 spiro atoms. The topological polar surface area (TPSA) is 84.9 Å². The van der Waals surface area contributed by atoms with Crippen LogP contribution in [0.4, 0.5) is 10.1 Å². The van der Waals surface area contributed by atoms with Crippen LogP contribution >= 0.6 is 0 Å². The average molecular weight is 437 g/mol. The Bertz CT molecular complexity index is 973. The SMILES string of the molecule is CCOc1ccc(S(=O)(=O)N2CCCCC2)cc1NC(=O)COc1ccc(F)cc1. The van der Waals surface area contributed by atoms with Gasteiger partial charge in [0, 0.05) is 13.1 Å². The molecule has 162 valence electrons. The van der Waals surface area contributed by atoms with Gasteiger partial charge in [0.2, 0.25) is 10.0 Å². The van der Waals surface area contributed by atoms with Crippen LogP contribution in [-0.2, 0) is 14.8 Å². The maximum atomic E-state index is 13.0. The molecule has 0 radical (unpaired) electrons. The number of nitrogens with zero attached hydrogens (tertiary/aromatic N) is 1. The van der Waals surface area contributed by atoms with Gasteiger partial charge in [0.25, 0.3) is 5.91 Å². The number of nitrogens with one attached hydrogen (secondary N) is 1. The summed E-state index contributed by atoms with van der Waals surface area (Å²) in [6.45, 7) is 2.81. The number of benzene rings is 2. The highest BCUT2D eigenvalue weighted by molar-refractivity contribution is 7.89. The Morgan fingerprint density at radius 3 is 2.43 bits per heavy atom. The van der Waals surface area contributed by atoms with Crippen LogP contribution in [0, 0.1) is 5.82 Å². The summed E-state index contributed by atoms with van der Waals surface area (Å²) in [5.74, 6) is -0.184. The quantitative estimate of drug-likeness (QED) is 0.686. The number of anilines is 1. The minimum absolute atomic E-state index is 0.0996. The van der Waals surface area contributed by atoms with Gasteiger partial charge >= 0.3 is 0 Å². The summed E-state index contributed by atoms with van der Waals surface area (Å²) in [6.07, 6.45) is 2.69. The first-order valence-corrected chi connectivity index (χ1v) is 11.3. The van der Waals surface area contributed by atoms with Crippen LogP contribution in [0.15, 0.2) is 47.4 Å². The number of rotatable bonds is 8. The second-order valence-electron chi connectivity index (χ2n) is 6.85. The van der Waals surface area contributed by atoms with Crippen LogP contribution in [0.25, 0.3) is 0 Å². The number of ether oxygens (including phenoxy) is 2. The lowest BCUT2D eigenvalue weighted by Crippen LogP contribution is -2.35. The zero-order valence-electron chi connectivity index (χ0n) is 16.8. The molecule has 0 aliphatic carbocycles. The summed E-state index contributed by atoms with van der Waals surface area (Å²) in [4.78, 5) is 12.4. The maximum Gasteiger partial charge on any atom is 0.262 e. The molecular weight excluding hydrogens is 411 g/mol. The monoisotopic (exact) mass is 436 g/mol. The van der Waals surface area contributed by atoms with E-state index in [0.29, 0.717) is 31.2 Å². The molecular formula is C21H25FN2O5S. The van der Waals surface area contributed by atoms with Gasteiger partial charge in [-0.3, -0.25) is 4.79 Å². The van der Waals surface area contributed by atoms with E-state index in [9.17, 15) is 17.6 Å². The Hall–Kier alpha value is -2.65. The molecule has 7 nitrogen and oxygen atoms in total. The van der Waals surface area contributed by atoms with Crippen molar-refractivity contribution in [1.82, 2.24) is 4.31 Å². The van der Waals surface area contributed by atoms with Gasteiger partial charge in [-0.1, -0.05) is 6.42 Å². The van der Waals surface area contributed by atoms with Crippen LogP contribution in [-0.4, -0.2) is 44.9 Å². The van der Waals surface area contributed by atoms with Crippen molar-refractivity contribution in [2.24, 2.45) is 0 Å². The van der Waals surface area contributed by atoms with Crippen molar-refractivity contribution in [2.75, 3.05) is 31.6 Å². The number of sulfonamides is 1. The predicted octanol–water partition coefficient (Wildman–Crippen LogP) is 3.42. The van der Waals surface area contributed by atoms with E-state index in [2.05, 4.69) is 5.32 Å². The third kappa shape index (κ3) is 5.48. The normalized spacial score (nSPS) is 14.9. The van der Waals surface area contributed by atoms with E-state index in [1.165, 1.54) is 46.8 Å². The number of hydrogen-bond acceptors (Lipinski definition) is 5. The molecule has 0 aromatic heterocycles. The van der Waals surface area contributed by atoms with Crippen LogP contribution in [0.3, 0.4) is 0 Å². The van der Waals surface area contributed by atoms with Gasteiger partial charge in [-0.15, -0.1) is 0 Å². The number of amides is 1. The van der Waals surface area contributed by atoms with Crippen LogP contribution in [0.2, 0.25) is 0 Å². The van der Waals surface area contributed by atoms with E-state index < -0.39 is 21.7 Å². The Kier molecular flexibility index (Phi) is 7.28. The zero-order valence-corrected chi connectivity index (χ0v) is 17.6. The number of carbonyl (C=O) groups excluding carboxylic acids is 1. The second-order valence-corrected chi connectivity index (χ2v) is 8.78. The number of hydrogen-bond donors (Lipinski definition) is 1. The maximum absolute atomic E-state index is 13.0. The molecule has 0 saturated carbocycles. The zero-order chi connectivity index (χ0) is 21.6. The lowest BCUT2D eigenvalue weighted by Gasteiger charge is -2.26. The summed E-state index contributed by atoms with van der Waals surface area (Å²) in [7, 11) is -3.65. The fourth-order valence-electron chi connectivity index (χ4n) is 3.17. The Morgan fingerprint density at radius 1 is 1.07 bits per heavy atom. The lowest BCUT2D eigenvalue weighted by atomic mass is 10.2. The molecule has 1 saturated heterocycles. The fraction of sp³-hybridized carbons (Fsp3) is 0.381. The molecule has 3 rings (SSSR count). The van der Waals surface area contributed by atoms with E-state index in [1.807, 2.05) is 0 Å². The standard InChI is InChI=1S/C21H25FN2O5S/c1-2-28-20-11-10-18(30(26,27)24-12-4-3-5-13-24)14-19(20)23-21(25)15-29-17-8-6-16(22)7-9-17/h6-11,14H,2-5,12-13,15H2,1H3,(H,23,25). The molecule has 30 heavy (non-hydrogen) atoms. The van der Waals surface area contributed by atoms with E-state index in [1.54, 1.807) is 6.92 Å². The Balaban J connectivity index is 1.75. The second kappa shape index (κ2) is 9.90. The Labute approximate surface area is 175 Å². The first kappa shape index (κ1) is 22.0. The molecule has 1 amide bonds. The number of piperidine rings is 1. The highest BCUT2D eigenvalue weighted by atomic mass is 32.2. The van der Waals surface area contributed by atoms with Gasteiger partial charge in [0.1, 0.15) is 17.3 Å². The molecule has 0 unspecified atom stereocenters. The lowest BCUT2D eigenvalue weighted by molar-refractivity contribution is -0.118. The third-order valence-corrected chi connectivity index (χ3v) is 6.56. The van der Waals surface area contributed by atoms with Crippen molar-refractivity contribution in [3.8, 4) is 11.5 Å². The average Bonchev–Trinajstić information content (AvgIpc) is 2.75. The van der Waals surface area contributed by atoms with Crippen LogP contribution in [0.1, 0.15) is 26.2 Å². The van der Waals surface area contributed by atoms with E-state index in [0.717, 1.165) is 19.3 Å². The summed E-state index contributed by atoms with van der Waals surface area (Å²) < 4.78 is 51.2. The fourth-order valence-corrected chi connectivity index (χ4v) is 4.71. The summed E-state index contributed by atoms with van der Waals surface area (Å²) in [6, 6.07) is 9.73. The molecule has 2 aromatic carbocycles. The van der Waals surface area contributed by atoms with Gasteiger partial charge in [0.15, 0.2) is 6.61 Å². The Morgan fingerprint density at radius 2 is 1.77 bits per heavy atom. The number of carbonyl (C=O) groups is 1. The molecule has 2 aromatic rings. The van der Waals surface area contributed by atoms with Crippen molar-refractivity contribution in [1.29, 1.82) is 0 Å². The summed E-state index contributed by atoms with van der Waals surface area (Å²) in [5, 5.41) is 2.65. The van der Waals surface area contributed by atoms with Crippen molar-refractivity contribution >= 4 is 21.6 Å². The van der Waals surface area contributed by atoms with Gasteiger partial charge < -0.3 is 14.8 Å². The molecule has 0 bridgehead atoms. The molecule has 0 atom stereocenters. The van der Waals surface area contributed by atoms with Crippen LogP contribution < -0.4 is 14.8 Å². The minimum Gasteiger partial charge on any atom is -0.492 e. The van der Waals surface area contributed by atoms with Gasteiger partial charge in [-0.2, -0.15) is 4.31 Å². The predicted molar refractivity (Wildman–Crippen MR) is 111 cm³/mol. The van der Waals surface area contributed by atoms with Gasteiger partial charge in [0.05, 0.1) is 17.2 Å². The van der Waals surface area contributed by atoms with Crippen molar-refractivity contribution in [3.05, 3.63) is 48.3 Å². The summed E-state index contributed by atoms with van der Waals surface area (Å²) >= 11 is 0. The first-order valence-electron chi connectivity index (χ1n) is 9.85. The molecule has 1 N–H and O–H groups in total. The summed E-state index contributed by atoms with van der Waals surface area (Å²) in [5.41, 5.74) is 0.252. The van der Waals surface area contributed by atoms with Crippen molar-refractivity contribution in [2.45, 2.75) is 31.1 Å². The van der Waals surface area contributed by atoms with Gasteiger partial charge in [-0.25, -0.2) is 12.8 Å².